The van der Waals surface area contributed by atoms with Gasteiger partial charge in [-0.05, 0) is 61.2 Å². The van der Waals surface area contributed by atoms with Gasteiger partial charge in [0.2, 0.25) is 5.91 Å². The Hall–Kier alpha value is -3.68. The van der Waals surface area contributed by atoms with E-state index in [4.69, 9.17) is 10.7 Å². The molecule has 0 atom stereocenters. The van der Waals surface area contributed by atoms with E-state index in [2.05, 4.69) is 9.88 Å². The zero-order valence-electron chi connectivity index (χ0n) is 17.6. The van der Waals surface area contributed by atoms with Crippen molar-refractivity contribution in [3.05, 3.63) is 71.9 Å². The monoisotopic (exact) mass is 433 g/mol. The van der Waals surface area contributed by atoms with Crippen molar-refractivity contribution in [1.29, 1.82) is 0 Å². The van der Waals surface area contributed by atoms with E-state index in [0.29, 0.717) is 24.3 Å². The van der Waals surface area contributed by atoms with Crippen LogP contribution in [-0.4, -0.2) is 39.5 Å². The van der Waals surface area contributed by atoms with E-state index in [1.165, 1.54) is 12.1 Å². The van der Waals surface area contributed by atoms with Crippen molar-refractivity contribution in [2.45, 2.75) is 31.2 Å². The number of halogens is 1. The first-order valence-corrected chi connectivity index (χ1v) is 10.7. The maximum Gasteiger partial charge on any atom is 0.321 e. The number of rotatable bonds is 3. The summed E-state index contributed by atoms with van der Waals surface area (Å²) in [6.45, 7) is 2.16. The van der Waals surface area contributed by atoms with Gasteiger partial charge in [0, 0.05) is 36.3 Å². The van der Waals surface area contributed by atoms with Gasteiger partial charge in [-0.2, -0.15) is 0 Å². The van der Waals surface area contributed by atoms with E-state index in [1.807, 2.05) is 23.2 Å². The van der Waals surface area contributed by atoms with Gasteiger partial charge in [0.05, 0.1) is 11.9 Å². The van der Waals surface area contributed by atoms with Gasteiger partial charge in [-0.1, -0.05) is 12.1 Å². The van der Waals surface area contributed by atoms with Crippen LogP contribution in [0.4, 0.5) is 14.9 Å². The average molecular weight is 433 g/mol. The SMILES string of the molecule is NC(=O)c1ccc(-c2cnc3n2CCC32CCN(C(=O)Nc3ccc(F)cc3)CC2)cc1. The lowest BCUT2D eigenvalue weighted by molar-refractivity contribution is 0.1000. The molecule has 3 N–H and O–H groups in total. The molecule has 0 saturated carbocycles. The standard InChI is InChI=1S/C24H24FN5O2/c25-18-5-7-19(8-6-18)28-23(32)29-12-9-24(10-13-29)11-14-30-20(15-27-22(24)30)16-1-3-17(4-2-16)21(26)31/h1-8,15H,9-14H2,(H2,26,31)(H,28,32). The van der Waals surface area contributed by atoms with Crippen LogP contribution in [0.3, 0.4) is 0 Å². The Balaban J connectivity index is 1.28. The molecule has 2 aliphatic heterocycles. The third kappa shape index (κ3) is 3.51. The Kier molecular flexibility index (Phi) is 4.92. The lowest BCUT2D eigenvalue weighted by atomic mass is 9.77. The highest BCUT2D eigenvalue weighted by molar-refractivity contribution is 5.93. The van der Waals surface area contributed by atoms with Crippen molar-refractivity contribution in [3.8, 4) is 11.3 Å². The van der Waals surface area contributed by atoms with Crippen LogP contribution < -0.4 is 11.1 Å². The van der Waals surface area contributed by atoms with E-state index in [1.54, 1.807) is 24.3 Å². The number of aromatic nitrogens is 2. The number of nitrogens with two attached hydrogens (primary N) is 1. The Morgan fingerprint density at radius 3 is 2.28 bits per heavy atom. The Morgan fingerprint density at radius 2 is 1.62 bits per heavy atom. The Bertz CT molecular complexity index is 1160. The van der Waals surface area contributed by atoms with Gasteiger partial charge in [0.1, 0.15) is 11.6 Å². The highest BCUT2D eigenvalue weighted by Crippen LogP contribution is 2.44. The summed E-state index contributed by atoms with van der Waals surface area (Å²) in [4.78, 5) is 30.5. The van der Waals surface area contributed by atoms with Gasteiger partial charge in [-0.15, -0.1) is 0 Å². The van der Waals surface area contributed by atoms with Crippen molar-refractivity contribution < 1.29 is 14.0 Å². The lowest BCUT2D eigenvalue weighted by Crippen LogP contribution is -2.46. The fourth-order valence-corrected chi connectivity index (χ4v) is 4.85. The quantitative estimate of drug-likeness (QED) is 0.659. The summed E-state index contributed by atoms with van der Waals surface area (Å²) in [5, 5.41) is 2.84. The molecule has 8 heteroatoms. The molecule has 1 fully saturated rings. The van der Waals surface area contributed by atoms with E-state index in [0.717, 1.165) is 42.9 Å². The number of piperidine rings is 1. The lowest BCUT2D eigenvalue weighted by Gasteiger charge is -2.38. The van der Waals surface area contributed by atoms with Crippen molar-refractivity contribution in [2.24, 2.45) is 5.73 Å². The molecule has 32 heavy (non-hydrogen) atoms. The van der Waals surface area contributed by atoms with Crippen LogP contribution in [0.2, 0.25) is 0 Å². The second kappa shape index (κ2) is 7.78. The molecule has 3 aromatic rings. The molecule has 1 spiro atoms. The molecule has 2 aromatic carbocycles. The van der Waals surface area contributed by atoms with Crippen LogP contribution >= 0.6 is 0 Å². The number of fused-ring (bicyclic) bond motifs is 2. The van der Waals surface area contributed by atoms with E-state index >= 15 is 0 Å². The first-order chi connectivity index (χ1) is 15.4. The van der Waals surface area contributed by atoms with Gasteiger partial charge in [-0.25, -0.2) is 14.2 Å². The van der Waals surface area contributed by atoms with Crippen molar-refractivity contribution in [2.75, 3.05) is 18.4 Å². The molecule has 3 heterocycles. The molecular weight excluding hydrogens is 409 g/mol. The molecule has 1 aromatic heterocycles. The van der Waals surface area contributed by atoms with Crippen LogP contribution in [0.5, 0.6) is 0 Å². The average Bonchev–Trinajstić information content (AvgIpc) is 3.38. The van der Waals surface area contributed by atoms with Gasteiger partial charge in [-0.3, -0.25) is 4.79 Å². The number of hydrogen-bond acceptors (Lipinski definition) is 3. The Morgan fingerprint density at radius 1 is 0.969 bits per heavy atom. The Labute approximate surface area is 185 Å². The van der Waals surface area contributed by atoms with Gasteiger partial charge < -0.3 is 20.5 Å². The number of primary amides is 1. The zero-order valence-corrected chi connectivity index (χ0v) is 17.6. The van der Waals surface area contributed by atoms with Crippen LogP contribution in [0.15, 0.2) is 54.7 Å². The maximum absolute atomic E-state index is 13.1. The van der Waals surface area contributed by atoms with Crippen LogP contribution in [-0.2, 0) is 12.0 Å². The summed E-state index contributed by atoms with van der Waals surface area (Å²) < 4.78 is 15.3. The molecule has 164 valence electrons. The summed E-state index contributed by atoms with van der Waals surface area (Å²) in [6.07, 6.45) is 4.58. The fourth-order valence-electron chi connectivity index (χ4n) is 4.85. The molecule has 3 amide bonds. The second-order valence-corrected chi connectivity index (χ2v) is 8.51. The predicted octanol–water partition coefficient (Wildman–Crippen LogP) is 3.76. The largest absolute Gasteiger partial charge is 0.366 e. The molecule has 2 aliphatic rings. The van der Waals surface area contributed by atoms with Crippen LogP contribution in [0, 0.1) is 5.82 Å². The molecule has 0 radical (unpaired) electrons. The highest BCUT2D eigenvalue weighted by atomic mass is 19.1. The molecule has 5 rings (SSSR count). The van der Waals surface area contributed by atoms with Gasteiger partial charge >= 0.3 is 6.03 Å². The number of carbonyl (C=O) groups is 2. The molecule has 0 unspecified atom stereocenters. The minimum absolute atomic E-state index is 0.0297. The summed E-state index contributed by atoms with van der Waals surface area (Å²) in [5.74, 6) is 0.303. The molecular formula is C24H24FN5O2. The molecule has 0 aliphatic carbocycles. The summed E-state index contributed by atoms with van der Waals surface area (Å²) in [5.41, 5.74) is 8.41. The fraction of sp³-hybridized carbons (Fsp3) is 0.292. The van der Waals surface area contributed by atoms with E-state index < -0.39 is 5.91 Å². The number of benzene rings is 2. The third-order valence-electron chi connectivity index (χ3n) is 6.71. The number of carbonyl (C=O) groups excluding carboxylic acids is 2. The van der Waals surface area contributed by atoms with E-state index in [9.17, 15) is 14.0 Å². The summed E-state index contributed by atoms with van der Waals surface area (Å²) >= 11 is 0. The summed E-state index contributed by atoms with van der Waals surface area (Å²) in [6, 6.07) is 12.9. The van der Waals surface area contributed by atoms with Crippen molar-refractivity contribution in [1.82, 2.24) is 14.5 Å². The minimum Gasteiger partial charge on any atom is -0.366 e. The van der Waals surface area contributed by atoms with E-state index in [-0.39, 0.29) is 17.3 Å². The predicted molar refractivity (Wildman–Crippen MR) is 119 cm³/mol. The summed E-state index contributed by atoms with van der Waals surface area (Å²) in [7, 11) is 0. The van der Waals surface area contributed by atoms with Crippen LogP contribution in [0.25, 0.3) is 11.3 Å². The van der Waals surface area contributed by atoms with Gasteiger partial charge in [0.25, 0.3) is 0 Å². The molecule has 0 bridgehead atoms. The molecule has 7 nitrogen and oxygen atoms in total. The topological polar surface area (TPSA) is 93.2 Å². The second-order valence-electron chi connectivity index (χ2n) is 8.51. The number of amides is 3. The van der Waals surface area contributed by atoms with Gasteiger partial charge in [0.15, 0.2) is 0 Å². The normalized spacial score (nSPS) is 16.7. The maximum atomic E-state index is 13.1. The number of nitrogens with one attached hydrogen (secondary N) is 1. The zero-order chi connectivity index (χ0) is 22.3. The third-order valence-corrected chi connectivity index (χ3v) is 6.71. The minimum atomic E-state index is -0.441. The van der Waals surface area contributed by atoms with Crippen molar-refractivity contribution >= 4 is 17.6 Å². The molecule has 1 saturated heterocycles. The first-order valence-electron chi connectivity index (χ1n) is 10.7. The van der Waals surface area contributed by atoms with Crippen LogP contribution in [0.1, 0.15) is 35.4 Å². The number of likely N-dealkylation sites (tertiary alicyclic amines) is 1. The smallest absolute Gasteiger partial charge is 0.321 e. The highest BCUT2D eigenvalue weighted by Gasteiger charge is 2.44. The van der Waals surface area contributed by atoms with Crippen molar-refractivity contribution in [3.63, 3.8) is 0 Å². The first kappa shape index (κ1) is 20.2. The number of imidazole rings is 1. The number of urea groups is 1. The number of anilines is 1. The number of nitrogens with zero attached hydrogens (tertiary/aromatic N) is 3. The number of hydrogen-bond donors (Lipinski definition) is 2.